The van der Waals surface area contributed by atoms with E-state index < -0.39 is 0 Å². The van der Waals surface area contributed by atoms with Crippen LogP contribution in [0.1, 0.15) is 36.8 Å². The maximum Gasteiger partial charge on any atom is 0.260 e. The second-order valence-corrected chi connectivity index (χ2v) is 7.23. The number of para-hydroxylation sites is 1. The average molecular weight is 362 g/mol. The number of ether oxygens (including phenoxy) is 1. The first-order valence-electron chi connectivity index (χ1n) is 9.80. The van der Waals surface area contributed by atoms with Crippen molar-refractivity contribution < 1.29 is 9.53 Å². The largest absolute Gasteiger partial charge is 0.484 e. The number of carbonyl (C=O) groups excluding carboxylic acids is 1. The number of H-pyrrole nitrogens is 1. The topological polar surface area (TPSA) is 45.3 Å². The van der Waals surface area contributed by atoms with Crippen LogP contribution in [0.3, 0.4) is 0 Å². The number of rotatable bonds is 5. The number of carbonyl (C=O) groups is 1. The molecule has 0 unspecified atom stereocenters. The van der Waals surface area contributed by atoms with Crippen molar-refractivity contribution in [2.45, 2.75) is 32.1 Å². The van der Waals surface area contributed by atoms with Crippen LogP contribution in [0.4, 0.5) is 0 Å². The summed E-state index contributed by atoms with van der Waals surface area (Å²) in [4.78, 5) is 17.8. The Balaban J connectivity index is 1.32. The van der Waals surface area contributed by atoms with Crippen LogP contribution in [0.15, 0.2) is 54.7 Å². The van der Waals surface area contributed by atoms with Crippen LogP contribution in [0.2, 0.25) is 0 Å². The Morgan fingerprint density at radius 3 is 2.78 bits per heavy atom. The van der Waals surface area contributed by atoms with E-state index in [0.29, 0.717) is 5.92 Å². The monoisotopic (exact) mass is 362 g/mol. The maximum atomic E-state index is 12.5. The molecule has 1 fully saturated rings. The summed E-state index contributed by atoms with van der Waals surface area (Å²) < 4.78 is 5.72. The van der Waals surface area contributed by atoms with Gasteiger partial charge in [-0.05, 0) is 54.5 Å². The Morgan fingerprint density at radius 1 is 1.15 bits per heavy atom. The molecule has 1 aromatic heterocycles. The van der Waals surface area contributed by atoms with Gasteiger partial charge in [0.25, 0.3) is 5.91 Å². The van der Waals surface area contributed by atoms with Gasteiger partial charge in [0.05, 0.1) is 0 Å². The molecule has 0 atom stereocenters. The first-order chi connectivity index (χ1) is 13.2. The van der Waals surface area contributed by atoms with Crippen molar-refractivity contribution >= 4 is 16.8 Å². The minimum Gasteiger partial charge on any atom is -0.484 e. The fourth-order valence-corrected chi connectivity index (χ4v) is 3.96. The van der Waals surface area contributed by atoms with Gasteiger partial charge in [-0.3, -0.25) is 4.79 Å². The second-order valence-electron chi connectivity index (χ2n) is 7.23. The first kappa shape index (κ1) is 17.7. The van der Waals surface area contributed by atoms with Gasteiger partial charge in [0, 0.05) is 30.2 Å². The number of likely N-dealkylation sites (tertiary alicyclic amines) is 1. The summed E-state index contributed by atoms with van der Waals surface area (Å²) in [7, 11) is 0. The Morgan fingerprint density at radius 2 is 1.96 bits per heavy atom. The van der Waals surface area contributed by atoms with Crippen molar-refractivity contribution in [2.75, 3.05) is 19.7 Å². The molecule has 2 heterocycles. The van der Waals surface area contributed by atoms with Gasteiger partial charge in [-0.15, -0.1) is 0 Å². The van der Waals surface area contributed by atoms with Gasteiger partial charge in [-0.25, -0.2) is 0 Å². The summed E-state index contributed by atoms with van der Waals surface area (Å²) in [6.07, 6.45) is 5.10. The van der Waals surface area contributed by atoms with E-state index >= 15 is 0 Å². The fraction of sp³-hybridized carbons (Fsp3) is 0.348. The van der Waals surface area contributed by atoms with E-state index in [1.807, 2.05) is 23.1 Å². The zero-order valence-corrected chi connectivity index (χ0v) is 15.8. The SMILES string of the molecule is CCc1cccc(OCC(=O)N2CCC(c3c[nH]c4ccccc34)CC2)c1. The number of hydrogen-bond donors (Lipinski definition) is 1. The number of benzene rings is 2. The molecule has 1 amide bonds. The number of amides is 1. The van der Waals surface area contributed by atoms with Gasteiger partial charge in [0.2, 0.25) is 0 Å². The van der Waals surface area contributed by atoms with Crippen LogP contribution in [0.25, 0.3) is 10.9 Å². The van der Waals surface area contributed by atoms with Gasteiger partial charge in [-0.2, -0.15) is 0 Å². The van der Waals surface area contributed by atoms with Crippen molar-refractivity contribution in [3.8, 4) is 5.75 Å². The van der Waals surface area contributed by atoms with Gasteiger partial charge < -0.3 is 14.6 Å². The van der Waals surface area contributed by atoms with Crippen LogP contribution in [0.5, 0.6) is 5.75 Å². The first-order valence-corrected chi connectivity index (χ1v) is 9.80. The molecule has 0 bridgehead atoms. The minimum atomic E-state index is 0.0780. The number of aryl methyl sites for hydroxylation is 1. The van der Waals surface area contributed by atoms with E-state index in [4.69, 9.17) is 4.74 Å². The summed E-state index contributed by atoms with van der Waals surface area (Å²) in [5.74, 6) is 1.36. The number of piperidine rings is 1. The number of aromatic nitrogens is 1. The van der Waals surface area contributed by atoms with Crippen molar-refractivity contribution in [2.24, 2.45) is 0 Å². The summed E-state index contributed by atoms with van der Waals surface area (Å²) in [5.41, 5.74) is 3.79. The third kappa shape index (κ3) is 3.85. The number of nitrogens with one attached hydrogen (secondary N) is 1. The predicted octanol–water partition coefficient (Wildman–Crippen LogP) is 4.52. The molecule has 0 aliphatic carbocycles. The molecule has 1 saturated heterocycles. The van der Waals surface area contributed by atoms with Gasteiger partial charge in [-0.1, -0.05) is 37.3 Å². The molecule has 1 aliphatic heterocycles. The Kier molecular flexibility index (Phi) is 5.14. The smallest absolute Gasteiger partial charge is 0.260 e. The molecule has 2 aromatic carbocycles. The van der Waals surface area contributed by atoms with E-state index in [0.717, 1.165) is 38.1 Å². The van der Waals surface area contributed by atoms with E-state index in [-0.39, 0.29) is 12.5 Å². The molecule has 0 radical (unpaired) electrons. The van der Waals surface area contributed by atoms with Crippen LogP contribution in [-0.2, 0) is 11.2 Å². The van der Waals surface area contributed by atoms with Crippen molar-refractivity contribution in [3.05, 3.63) is 65.9 Å². The molecular formula is C23H26N2O2. The van der Waals surface area contributed by atoms with Crippen LogP contribution in [0, 0.1) is 0 Å². The summed E-state index contributed by atoms with van der Waals surface area (Å²) in [6, 6.07) is 16.4. The zero-order valence-electron chi connectivity index (χ0n) is 15.8. The van der Waals surface area contributed by atoms with Crippen LogP contribution >= 0.6 is 0 Å². The van der Waals surface area contributed by atoms with Crippen molar-refractivity contribution in [1.29, 1.82) is 0 Å². The molecule has 0 saturated carbocycles. The standard InChI is InChI=1S/C23H26N2O2/c1-2-17-6-5-7-19(14-17)27-16-23(26)25-12-10-18(11-13-25)21-15-24-22-9-4-3-8-20(21)22/h3-9,14-15,18,24H,2,10-13,16H2,1H3. The minimum absolute atomic E-state index is 0.0780. The third-order valence-corrected chi connectivity index (χ3v) is 5.58. The Bertz CT molecular complexity index is 923. The molecule has 4 heteroatoms. The molecule has 4 nitrogen and oxygen atoms in total. The normalized spacial score (nSPS) is 15.2. The highest BCUT2D eigenvalue weighted by Gasteiger charge is 2.25. The number of nitrogens with zero attached hydrogens (tertiary/aromatic N) is 1. The highest BCUT2D eigenvalue weighted by Crippen LogP contribution is 2.33. The number of fused-ring (bicyclic) bond motifs is 1. The lowest BCUT2D eigenvalue weighted by atomic mass is 9.89. The molecule has 4 rings (SSSR count). The molecule has 1 N–H and O–H groups in total. The van der Waals surface area contributed by atoms with E-state index in [1.165, 1.54) is 22.0 Å². The van der Waals surface area contributed by atoms with Crippen LogP contribution in [-0.4, -0.2) is 35.5 Å². The van der Waals surface area contributed by atoms with Gasteiger partial charge >= 0.3 is 0 Å². The van der Waals surface area contributed by atoms with Gasteiger partial charge in [0.15, 0.2) is 6.61 Å². The van der Waals surface area contributed by atoms with E-state index in [2.05, 4.69) is 48.4 Å². The van der Waals surface area contributed by atoms with E-state index in [1.54, 1.807) is 0 Å². The fourth-order valence-electron chi connectivity index (χ4n) is 3.96. The number of hydrogen-bond acceptors (Lipinski definition) is 2. The predicted molar refractivity (Wildman–Crippen MR) is 108 cm³/mol. The van der Waals surface area contributed by atoms with Crippen molar-refractivity contribution in [1.82, 2.24) is 9.88 Å². The van der Waals surface area contributed by atoms with Crippen molar-refractivity contribution in [3.63, 3.8) is 0 Å². The molecule has 3 aromatic rings. The molecule has 1 aliphatic rings. The Hall–Kier alpha value is -2.75. The average Bonchev–Trinajstić information content (AvgIpc) is 3.16. The highest BCUT2D eigenvalue weighted by atomic mass is 16.5. The summed E-state index contributed by atoms with van der Waals surface area (Å²) >= 11 is 0. The van der Waals surface area contributed by atoms with Crippen LogP contribution < -0.4 is 4.74 Å². The quantitative estimate of drug-likeness (QED) is 0.725. The highest BCUT2D eigenvalue weighted by molar-refractivity contribution is 5.83. The molecule has 0 spiro atoms. The van der Waals surface area contributed by atoms with Gasteiger partial charge in [0.1, 0.15) is 5.75 Å². The zero-order chi connectivity index (χ0) is 18.6. The lowest BCUT2D eigenvalue weighted by Crippen LogP contribution is -2.40. The lowest BCUT2D eigenvalue weighted by molar-refractivity contribution is -0.134. The number of aromatic amines is 1. The van der Waals surface area contributed by atoms with E-state index in [9.17, 15) is 4.79 Å². The molecule has 27 heavy (non-hydrogen) atoms. The molecule has 140 valence electrons. The maximum absolute atomic E-state index is 12.5. The Labute approximate surface area is 160 Å². The summed E-state index contributed by atoms with van der Waals surface area (Å²) in [6.45, 7) is 3.82. The lowest BCUT2D eigenvalue weighted by Gasteiger charge is -2.32. The molecular weight excluding hydrogens is 336 g/mol. The third-order valence-electron chi connectivity index (χ3n) is 5.58. The second kappa shape index (κ2) is 7.87. The summed E-state index contributed by atoms with van der Waals surface area (Å²) in [5, 5.41) is 1.31.